The van der Waals surface area contributed by atoms with Crippen LogP contribution in [0.5, 0.6) is 0 Å². The van der Waals surface area contributed by atoms with Gasteiger partial charge in [0.15, 0.2) is 0 Å². The monoisotopic (exact) mass is 315 g/mol. The van der Waals surface area contributed by atoms with Crippen molar-refractivity contribution in [2.75, 3.05) is 0 Å². The zero-order valence-electron chi connectivity index (χ0n) is 14.0. The average molecular weight is 315 g/mol. The van der Waals surface area contributed by atoms with E-state index in [1.807, 2.05) is 38.5 Å². The lowest BCUT2D eigenvalue weighted by Crippen LogP contribution is -2.25. The molecule has 0 aliphatic carbocycles. The summed E-state index contributed by atoms with van der Waals surface area (Å²) in [6.07, 6.45) is 3.61. The smallest absolute Gasteiger partial charge is 0.356 e. The van der Waals surface area contributed by atoms with E-state index in [4.69, 9.17) is 4.74 Å². The van der Waals surface area contributed by atoms with Crippen LogP contribution >= 0.6 is 0 Å². The molecule has 0 N–H and O–H groups in total. The zero-order valence-corrected chi connectivity index (χ0v) is 14.0. The Kier molecular flexibility index (Phi) is 4.73. The van der Waals surface area contributed by atoms with Crippen molar-refractivity contribution in [1.82, 2.24) is 4.57 Å². The Morgan fingerprint density at radius 2 is 1.91 bits per heavy atom. The predicted molar refractivity (Wildman–Crippen MR) is 89.9 cm³/mol. The van der Waals surface area contributed by atoms with E-state index in [0.29, 0.717) is 12.2 Å². The SMILES string of the molecule is C=CCn1cc(C)c(-c2ccc(F)cc2)c1C(=O)OC(C)(C)C. The Morgan fingerprint density at radius 3 is 2.43 bits per heavy atom. The van der Waals surface area contributed by atoms with E-state index in [2.05, 4.69) is 6.58 Å². The van der Waals surface area contributed by atoms with Crippen molar-refractivity contribution in [2.24, 2.45) is 0 Å². The third-order valence-electron chi connectivity index (χ3n) is 3.32. The van der Waals surface area contributed by atoms with Gasteiger partial charge in [-0.15, -0.1) is 6.58 Å². The standard InChI is InChI=1S/C19H22FNO2/c1-6-11-21-12-13(2)16(14-7-9-15(20)10-8-14)17(21)18(22)23-19(3,4)5/h6-10,12H,1,11H2,2-5H3. The summed E-state index contributed by atoms with van der Waals surface area (Å²) in [6.45, 7) is 11.6. The van der Waals surface area contributed by atoms with Crippen molar-refractivity contribution in [3.05, 3.63) is 60.2 Å². The number of aryl methyl sites for hydroxylation is 1. The maximum atomic E-state index is 13.2. The molecule has 0 spiro atoms. The van der Waals surface area contributed by atoms with Crippen molar-refractivity contribution in [3.8, 4) is 11.1 Å². The molecule has 0 unspecified atom stereocenters. The molecule has 3 nitrogen and oxygen atoms in total. The van der Waals surface area contributed by atoms with Gasteiger partial charge in [0.05, 0.1) is 0 Å². The molecule has 1 aromatic heterocycles. The number of hydrogen-bond donors (Lipinski definition) is 0. The molecule has 23 heavy (non-hydrogen) atoms. The molecule has 0 saturated heterocycles. The van der Waals surface area contributed by atoms with E-state index in [0.717, 1.165) is 16.7 Å². The molecule has 0 amide bonds. The quantitative estimate of drug-likeness (QED) is 0.602. The first-order valence-corrected chi connectivity index (χ1v) is 7.53. The molecule has 0 aliphatic heterocycles. The molecule has 0 bridgehead atoms. The lowest BCUT2D eigenvalue weighted by atomic mass is 10.0. The number of hydrogen-bond acceptors (Lipinski definition) is 2. The molecule has 2 rings (SSSR count). The highest BCUT2D eigenvalue weighted by Gasteiger charge is 2.26. The van der Waals surface area contributed by atoms with Crippen LogP contribution in [0.3, 0.4) is 0 Å². The number of allylic oxidation sites excluding steroid dienone is 1. The van der Waals surface area contributed by atoms with Gasteiger partial charge in [-0.2, -0.15) is 0 Å². The Bertz CT molecular complexity index is 721. The fourth-order valence-corrected chi connectivity index (χ4v) is 2.50. The largest absolute Gasteiger partial charge is 0.455 e. The van der Waals surface area contributed by atoms with Gasteiger partial charge >= 0.3 is 5.97 Å². The van der Waals surface area contributed by atoms with Crippen LogP contribution < -0.4 is 0 Å². The summed E-state index contributed by atoms with van der Waals surface area (Å²) in [7, 11) is 0. The second-order valence-corrected chi connectivity index (χ2v) is 6.49. The molecule has 2 aromatic rings. The van der Waals surface area contributed by atoms with Crippen LogP contribution in [0.1, 0.15) is 36.8 Å². The highest BCUT2D eigenvalue weighted by Crippen LogP contribution is 2.31. The fourth-order valence-electron chi connectivity index (χ4n) is 2.50. The van der Waals surface area contributed by atoms with Gasteiger partial charge in [-0.25, -0.2) is 9.18 Å². The third kappa shape index (κ3) is 3.89. The summed E-state index contributed by atoms with van der Waals surface area (Å²) in [5.74, 6) is -0.706. The van der Waals surface area contributed by atoms with Gasteiger partial charge in [0, 0.05) is 18.3 Å². The Morgan fingerprint density at radius 1 is 1.30 bits per heavy atom. The summed E-state index contributed by atoms with van der Waals surface area (Å²) in [5.41, 5.74) is 2.35. The number of carbonyl (C=O) groups excluding carboxylic acids is 1. The number of ether oxygens (including phenoxy) is 1. The lowest BCUT2D eigenvalue weighted by molar-refractivity contribution is 0.00593. The molecule has 0 fully saturated rings. The normalized spacial score (nSPS) is 11.3. The van der Waals surface area contributed by atoms with Gasteiger partial charge in [-0.1, -0.05) is 18.2 Å². The molecule has 4 heteroatoms. The first-order valence-electron chi connectivity index (χ1n) is 7.53. The number of carbonyl (C=O) groups is 1. The fraction of sp³-hybridized carbons (Fsp3) is 0.316. The van der Waals surface area contributed by atoms with Gasteiger partial charge in [0.1, 0.15) is 17.1 Å². The number of esters is 1. The maximum Gasteiger partial charge on any atom is 0.356 e. The highest BCUT2D eigenvalue weighted by atomic mass is 19.1. The summed E-state index contributed by atoms with van der Waals surface area (Å²) in [6, 6.07) is 6.12. The van der Waals surface area contributed by atoms with Crippen molar-refractivity contribution in [1.29, 1.82) is 0 Å². The van der Waals surface area contributed by atoms with Gasteiger partial charge in [-0.3, -0.25) is 0 Å². The lowest BCUT2D eigenvalue weighted by Gasteiger charge is -2.21. The maximum absolute atomic E-state index is 13.2. The molecule has 0 aliphatic rings. The number of rotatable bonds is 4. The van der Waals surface area contributed by atoms with Crippen molar-refractivity contribution in [2.45, 2.75) is 39.8 Å². The van der Waals surface area contributed by atoms with Crippen LogP contribution in [-0.2, 0) is 11.3 Å². The van der Waals surface area contributed by atoms with Crippen molar-refractivity contribution in [3.63, 3.8) is 0 Å². The van der Waals surface area contributed by atoms with Gasteiger partial charge in [0.25, 0.3) is 0 Å². The van der Waals surface area contributed by atoms with Crippen molar-refractivity contribution >= 4 is 5.97 Å². The van der Waals surface area contributed by atoms with E-state index in [1.165, 1.54) is 12.1 Å². The van der Waals surface area contributed by atoms with E-state index in [-0.39, 0.29) is 5.82 Å². The second-order valence-electron chi connectivity index (χ2n) is 6.49. The zero-order chi connectivity index (χ0) is 17.2. The van der Waals surface area contributed by atoms with Gasteiger partial charge in [-0.05, 0) is 51.0 Å². The van der Waals surface area contributed by atoms with E-state index in [9.17, 15) is 9.18 Å². The Balaban J connectivity index is 2.59. The molecule has 0 radical (unpaired) electrons. The minimum atomic E-state index is -0.589. The summed E-state index contributed by atoms with van der Waals surface area (Å²) in [5, 5.41) is 0. The molecule has 0 atom stereocenters. The minimum Gasteiger partial charge on any atom is -0.455 e. The number of aromatic nitrogens is 1. The van der Waals surface area contributed by atoms with Gasteiger partial charge in [0.2, 0.25) is 0 Å². The van der Waals surface area contributed by atoms with Crippen LogP contribution in [0.4, 0.5) is 4.39 Å². The predicted octanol–water partition coefficient (Wildman–Crippen LogP) is 4.74. The first-order chi connectivity index (χ1) is 10.7. The van der Waals surface area contributed by atoms with Crippen LogP contribution in [0.15, 0.2) is 43.1 Å². The van der Waals surface area contributed by atoms with Gasteiger partial charge < -0.3 is 9.30 Å². The molecule has 1 heterocycles. The van der Waals surface area contributed by atoms with Crippen molar-refractivity contribution < 1.29 is 13.9 Å². The number of nitrogens with zero attached hydrogens (tertiary/aromatic N) is 1. The van der Waals surface area contributed by atoms with Crippen LogP contribution in [0.25, 0.3) is 11.1 Å². The second kappa shape index (κ2) is 6.41. The first kappa shape index (κ1) is 17.0. The summed E-state index contributed by atoms with van der Waals surface area (Å²) in [4.78, 5) is 12.7. The third-order valence-corrected chi connectivity index (χ3v) is 3.32. The Labute approximate surface area is 136 Å². The number of halogens is 1. The molecular formula is C19H22FNO2. The molecular weight excluding hydrogens is 293 g/mol. The summed E-state index contributed by atoms with van der Waals surface area (Å²) >= 11 is 0. The summed E-state index contributed by atoms with van der Waals surface area (Å²) < 4.78 is 20.6. The van der Waals surface area contributed by atoms with E-state index < -0.39 is 11.6 Å². The van der Waals surface area contributed by atoms with Crippen LogP contribution in [-0.4, -0.2) is 16.1 Å². The van der Waals surface area contributed by atoms with E-state index in [1.54, 1.807) is 18.2 Å². The number of benzene rings is 1. The minimum absolute atomic E-state index is 0.309. The van der Waals surface area contributed by atoms with Crippen LogP contribution in [0, 0.1) is 12.7 Å². The molecule has 1 aromatic carbocycles. The highest BCUT2D eigenvalue weighted by molar-refractivity contribution is 5.97. The van der Waals surface area contributed by atoms with E-state index >= 15 is 0 Å². The molecule has 0 saturated carbocycles. The Hall–Kier alpha value is -2.36. The molecule has 122 valence electrons. The van der Waals surface area contributed by atoms with Crippen LogP contribution in [0.2, 0.25) is 0 Å². The topological polar surface area (TPSA) is 31.2 Å². The average Bonchev–Trinajstić information content (AvgIpc) is 2.75.